The summed E-state index contributed by atoms with van der Waals surface area (Å²) in [5.41, 5.74) is 10.4. The van der Waals surface area contributed by atoms with Crippen LogP contribution in [-0.4, -0.2) is 23.6 Å². The van der Waals surface area contributed by atoms with E-state index in [-0.39, 0.29) is 0 Å². The van der Waals surface area contributed by atoms with E-state index in [1.54, 1.807) is 13.3 Å². The van der Waals surface area contributed by atoms with Crippen LogP contribution in [0.2, 0.25) is 0 Å². The van der Waals surface area contributed by atoms with Crippen molar-refractivity contribution in [3.8, 4) is 23.2 Å². The van der Waals surface area contributed by atoms with E-state index < -0.39 is 0 Å². The van der Waals surface area contributed by atoms with E-state index in [1.165, 1.54) is 5.56 Å². The van der Waals surface area contributed by atoms with Crippen LogP contribution in [0.3, 0.4) is 0 Å². The van der Waals surface area contributed by atoms with E-state index in [0.29, 0.717) is 18.0 Å². The molecule has 0 saturated carbocycles. The summed E-state index contributed by atoms with van der Waals surface area (Å²) in [7, 11) is 1.62. The normalized spacial score (nSPS) is 10.7. The van der Waals surface area contributed by atoms with Crippen LogP contribution in [0.1, 0.15) is 24.0 Å². The summed E-state index contributed by atoms with van der Waals surface area (Å²) in [6, 6.07) is 11.8. The zero-order valence-electron chi connectivity index (χ0n) is 13.7. The zero-order chi connectivity index (χ0) is 16.9. The molecular formula is C19H20N4O. The number of hydrogen-bond acceptors (Lipinski definition) is 4. The number of fused-ring (bicyclic) bond motifs is 1. The monoisotopic (exact) mass is 320 g/mol. The van der Waals surface area contributed by atoms with Crippen LogP contribution in [0.4, 0.5) is 0 Å². The second kappa shape index (κ2) is 7.16. The van der Waals surface area contributed by atoms with Crippen LogP contribution in [0.25, 0.3) is 22.2 Å². The van der Waals surface area contributed by atoms with Gasteiger partial charge in [0.05, 0.1) is 30.0 Å². The van der Waals surface area contributed by atoms with Gasteiger partial charge in [-0.3, -0.25) is 0 Å². The number of ether oxygens (including phenoxy) is 1. The van der Waals surface area contributed by atoms with Crippen molar-refractivity contribution in [1.82, 2.24) is 9.97 Å². The summed E-state index contributed by atoms with van der Waals surface area (Å²) in [6.45, 7) is 0.678. The van der Waals surface area contributed by atoms with Gasteiger partial charge in [-0.2, -0.15) is 5.26 Å². The lowest BCUT2D eigenvalue weighted by molar-refractivity contribution is 0.399. The predicted molar refractivity (Wildman–Crippen MR) is 94.8 cm³/mol. The van der Waals surface area contributed by atoms with Gasteiger partial charge in [0.2, 0.25) is 5.88 Å². The number of rotatable bonds is 6. The fraction of sp³-hybridized carbons (Fsp3) is 0.263. The standard InChI is InChI=1S/C19H20N4O/c1-24-19-15(6-4-10-22-19)18-14(5-2-3-9-20)16-11-13(12-21)7-8-17(16)23-18/h4,6-8,10-11,23H,2-3,5,9,20H2,1H3. The molecular weight excluding hydrogens is 300 g/mol. The number of hydrogen-bond donors (Lipinski definition) is 2. The number of nitrogens with zero attached hydrogens (tertiary/aromatic N) is 2. The van der Waals surface area contributed by atoms with Gasteiger partial charge in [0.15, 0.2) is 0 Å². The van der Waals surface area contributed by atoms with Crippen LogP contribution in [0.5, 0.6) is 5.88 Å². The largest absolute Gasteiger partial charge is 0.481 e. The van der Waals surface area contributed by atoms with E-state index in [1.807, 2.05) is 30.3 Å². The summed E-state index contributed by atoms with van der Waals surface area (Å²) in [5.74, 6) is 0.588. The van der Waals surface area contributed by atoms with Crippen molar-refractivity contribution < 1.29 is 4.74 Å². The molecule has 0 amide bonds. The van der Waals surface area contributed by atoms with Crippen molar-refractivity contribution in [3.05, 3.63) is 47.7 Å². The molecule has 0 unspecified atom stereocenters. The van der Waals surface area contributed by atoms with Crippen molar-refractivity contribution in [2.75, 3.05) is 13.7 Å². The number of nitrogens with one attached hydrogen (secondary N) is 1. The molecule has 3 aromatic rings. The summed E-state index contributed by atoms with van der Waals surface area (Å²) in [4.78, 5) is 7.77. The highest BCUT2D eigenvalue weighted by atomic mass is 16.5. The second-order valence-corrected chi connectivity index (χ2v) is 5.66. The minimum absolute atomic E-state index is 0.588. The Balaban J connectivity index is 2.18. The maximum absolute atomic E-state index is 9.20. The van der Waals surface area contributed by atoms with Gasteiger partial charge in [-0.05, 0) is 61.7 Å². The molecule has 1 aromatic carbocycles. The van der Waals surface area contributed by atoms with Crippen LogP contribution in [0.15, 0.2) is 36.5 Å². The van der Waals surface area contributed by atoms with E-state index in [0.717, 1.165) is 41.4 Å². The molecule has 0 spiro atoms. The molecule has 0 bridgehead atoms. The number of nitriles is 1. The van der Waals surface area contributed by atoms with Gasteiger partial charge in [0.25, 0.3) is 0 Å². The highest BCUT2D eigenvalue weighted by Crippen LogP contribution is 2.35. The van der Waals surface area contributed by atoms with E-state index in [4.69, 9.17) is 10.5 Å². The maximum atomic E-state index is 9.20. The molecule has 0 saturated heterocycles. The van der Waals surface area contributed by atoms with Gasteiger partial charge in [0.1, 0.15) is 0 Å². The van der Waals surface area contributed by atoms with Gasteiger partial charge in [-0.1, -0.05) is 0 Å². The van der Waals surface area contributed by atoms with Gasteiger partial charge >= 0.3 is 0 Å². The smallest absolute Gasteiger partial charge is 0.222 e. The molecule has 0 aliphatic carbocycles. The Morgan fingerprint density at radius 3 is 2.92 bits per heavy atom. The molecule has 5 heteroatoms. The number of aryl methyl sites for hydroxylation is 1. The van der Waals surface area contributed by atoms with Gasteiger partial charge < -0.3 is 15.5 Å². The molecule has 0 atom stereocenters. The Morgan fingerprint density at radius 1 is 1.29 bits per heavy atom. The summed E-state index contributed by atoms with van der Waals surface area (Å²) >= 11 is 0. The molecule has 3 N–H and O–H groups in total. The Bertz CT molecular complexity index is 892. The van der Waals surface area contributed by atoms with Gasteiger partial charge in [0, 0.05) is 17.1 Å². The van der Waals surface area contributed by atoms with Crippen molar-refractivity contribution in [2.45, 2.75) is 19.3 Å². The lowest BCUT2D eigenvalue weighted by Crippen LogP contribution is -1.99. The number of methoxy groups -OCH3 is 1. The first-order valence-corrected chi connectivity index (χ1v) is 8.02. The van der Waals surface area contributed by atoms with Crippen molar-refractivity contribution >= 4 is 10.9 Å². The van der Waals surface area contributed by atoms with E-state index >= 15 is 0 Å². The third kappa shape index (κ3) is 2.97. The fourth-order valence-electron chi connectivity index (χ4n) is 3.00. The number of H-pyrrole nitrogens is 1. The number of pyridine rings is 1. The van der Waals surface area contributed by atoms with Crippen LogP contribution < -0.4 is 10.5 Å². The van der Waals surface area contributed by atoms with Crippen molar-refractivity contribution in [1.29, 1.82) is 5.26 Å². The molecule has 0 aliphatic rings. The highest BCUT2D eigenvalue weighted by Gasteiger charge is 2.17. The van der Waals surface area contributed by atoms with Crippen molar-refractivity contribution in [2.24, 2.45) is 5.73 Å². The first-order valence-electron chi connectivity index (χ1n) is 8.02. The Labute approximate surface area is 141 Å². The summed E-state index contributed by atoms with van der Waals surface area (Å²) in [5, 5.41) is 10.3. The first-order chi connectivity index (χ1) is 11.8. The molecule has 0 radical (unpaired) electrons. The molecule has 2 heterocycles. The number of benzene rings is 1. The SMILES string of the molecule is COc1ncccc1-c1[nH]c2ccc(C#N)cc2c1CCCCN. The minimum Gasteiger partial charge on any atom is -0.481 e. The lowest BCUT2D eigenvalue weighted by atomic mass is 10.00. The lowest BCUT2D eigenvalue weighted by Gasteiger charge is -2.08. The van der Waals surface area contributed by atoms with E-state index in [9.17, 15) is 5.26 Å². The molecule has 0 fully saturated rings. The van der Waals surface area contributed by atoms with Crippen LogP contribution in [-0.2, 0) is 6.42 Å². The summed E-state index contributed by atoms with van der Waals surface area (Å²) in [6.07, 6.45) is 4.57. The molecule has 5 nitrogen and oxygen atoms in total. The minimum atomic E-state index is 0.588. The first kappa shape index (κ1) is 16.0. The quantitative estimate of drug-likeness (QED) is 0.681. The maximum Gasteiger partial charge on any atom is 0.222 e. The van der Waals surface area contributed by atoms with Crippen molar-refractivity contribution in [3.63, 3.8) is 0 Å². The summed E-state index contributed by atoms with van der Waals surface area (Å²) < 4.78 is 5.42. The number of aromatic amines is 1. The zero-order valence-corrected chi connectivity index (χ0v) is 13.7. The average Bonchev–Trinajstić information content (AvgIpc) is 2.99. The van der Waals surface area contributed by atoms with Gasteiger partial charge in [-0.15, -0.1) is 0 Å². The molecule has 0 aliphatic heterocycles. The Morgan fingerprint density at radius 2 is 2.17 bits per heavy atom. The number of aromatic nitrogens is 2. The third-order valence-electron chi connectivity index (χ3n) is 4.15. The Hall–Kier alpha value is -2.84. The fourth-order valence-corrected chi connectivity index (χ4v) is 3.00. The molecule has 24 heavy (non-hydrogen) atoms. The molecule has 3 rings (SSSR count). The predicted octanol–water partition coefficient (Wildman–Crippen LogP) is 3.39. The topological polar surface area (TPSA) is 87.7 Å². The van der Waals surface area contributed by atoms with E-state index in [2.05, 4.69) is 16.0 Å². The van der Waals surface area contributed by atoms with Crippen LogP contribution >= 0.6 is 0 Å². The average molecular weight is 320 g/mol. The highest BCUT2D eigenvalue weighted by molar-refractivity contribution is 5.92. The molecule has 2 aromatic heterocycles. The number of nitrogens with two attached hydrogens (primary N) is 1. The second-order valence-electron chi connectivity index (χ2n) is 5.66. The van der Waals surface area contributed by atoms with Gasteiger partial charge in [-0.25, -0.2) is 4.98 Å². The Kier molecular flexibility index (Phi) is 4.78. The third-order valence-corrected chi connectivity index (χ3v) is 4.15. The molecule has 122 valence electrons. The number of unbranched alkanes of at least 4 members (excludes halogenated alkanes) is 1. The van der Waals surface area contributed by atoms with Crippen LogP contribution in [0, 0.1) is 11.3 Å².